The van der Waals surface area contributed by atoms with E-state index in [1.165, 1.54) is 32.3 Å². The minimum Gasteiger partial charge on any atom is -0.376 e. The van der Waals surface area contributed by atoms with Gasteiger partial charge in [-0.1, -0.05) is 0 Å². The number of nitrogens with zero attached hydrogens (tertiary/aromatic N) is 9. The first kappa shape index (κ1) is 40.8. The largest absolute Gasteiger partial charge is 0.376 e. The standard InChI is InChI=1S/C39H66ClN9Si/c1-25-22-28(41(4)5)31(44(10)11)34(47(16)17)37(25)50(40,38-26(2)23-29(42(6)7)32(45(12)13)35(38)48(18)19)39-27(3)24-30(43(8)9)33(46(14)15)36(39)49(20)21/h22-24H,1-21H3. The summed E-state index contributed by atoms with van der Waals surface area (Å²) in [5, 5.41) is 3.63. The summed E-state index contributed by atoms with van der Waals surface area (Å²) in [5.74, 6) is 0. The summed E-state index contributed by atoms with van der Waals surface area (Å²) >= 11 is 9.07. The second kappa shape index (κ2) is 14.9. The van der Waals surface area contributed by atoms with Crippen LogP contribution in [0.1, 0.15) is 16.7 Å². The van der Waals surface area contributed by atoms with Crippen LogP contribution in [-0.2, 0) is 0 Å². The van der Waals surface area contributed by atoms with Crippen molar-refractivity contribution in [3.05, 3.63) is 34.9 Å². The maximum Gasteiger partial charge on any atom is 0.255 e. The fraction of sp³-hybridized carbons (Fsp3) is 0.538. The third-order valence-electron chi connectivity index (χ3n) is 9.52. The van der Waals surface area contributed by atoms with E-state index in [4.69, 9.17) is 11.1 Å². The Morgan fingerprint density at radius 3 is 0.640 bits per heavy atom. The molecule has 9 nitrogen and oxygen atoms in total. The Hall–Kier alpha value is -3.63. The van der Waals surface area contributed by atoms with E-state index < -0.39 is 7.38 Å². The van der Waals surface area contributed by atoms with Crippen molar-refractivity contribution < 1.29 is 0 Å². The molecule has 50 heavy (non-hydrogen) atoms. The quantitative estimate of drug-likeness (QED) is 0.153. The van der Waals surface area contributed by atoms with Gasteiger partial charge in [0, 0.05) is 127 Å². The molecule has 0 atom stereocenters. The highest BCUT2D eigenvalue weighted by Crippen LogP contribution is 2.45. The molecular weight excluding hydrogens is 658 g/mol. The van der Waals surface area contributed by atoms with Crippen molar-refractivity contribution in [3.8, 4) is 0 Å². The number of hydrogen-bond acceptors (Lipinski definition) is 9. The van der Waals surface area contributed by atoms with Crippen molar-refractivity contribution in [2.75, 3.05) is 171 Å². The third kappa shape index (κ3) is 6.85. The van der Waals surface area contributed by atoms with Gasteiger partial charge >= 0.3 is 0 Å². The lowest BCUT2D eigenvalue weighted by atomic mass is 10.1. The molecule has 0 N–H and O–H groups in total. The van der Waals surface area contributed by atoms with Crippen LogP contribution in [0.4, 0.5) is 51.2 Å². The molecule has 0 radical (unpaired) electrons. The van der Waals surface area contributed by atoms with E-state index in [0.717, 1.165) is 51.2 Å². The zero-order valence-corrected chi connectivity index (χ0v) is 36.9. The van der Waals surface area contributed by atoms with E-state index in [9.17, 15) is 0 Å². The Kier molecular flexibility index (Phi) is 12.2. The molecule has 0 heterocycles. The van der Waals surface area contributed by atoms with Gasteiger partial charge in [-0.25, -0.2) is 0 Å². The lowest BCUT2D eigenvalue weighted by Gasteiger charge is -2.43. The molecule has 3 rings (SSSR count). The van der Waals surface area contributed by atoms with E-state index in [1.54, 1.807) is 0 Å². The van der Waals surface area contributed by atoms with Gasteiger partial charge in [-0.15, -0.1) is 11.1 Å². The Bertz CT molecular complexity index is 1510. The van der Waals surface area contributed by atoms with Crippen LogP contribution in [0.2, 0.25) is 0 Å². The highest BCUT2D eigenvalue weighted by atomic mass is 35.6. The van der Waals surface area contributed by atoms with Gasteiger partial charge in [-0.2, -0.15) is 0 Å². The average Bonchev–Trinajstić information content (AvgIpc) is 2.97. The lowest BCUT2D eigenvalue weighted by molar-refractivity contribution is 1.04. The molecule has 3 aromatic rings. The van der Waals surface area contributed by atoms with Crippen molar-refractivity contribution >= 4 is 85.2 Å². The smallest absolute Gasteiger partial charge is 0.255 e. The summed E-state index contributed by atoms with van der Waals surface area (Å²) in [4.78, 5) is 20.3. The van der Waals surface area contributed by atoms with Gasteiger partial charge < -0.3 is 44.1 Å². The Morgan fingerprint density at radius 2 is 0.500 bits per heavy atom. The number of hydrogen-bond donors (Lipinski definition) is 0. The molecule has 278 valence electrons. The SMILES string of the molecule is Cc1cc(N(C)C)c(N(C)C)c(N(C)C)c1[Si](Cl)(c1c(C)cc(N(C)C)c(N(C)C)c1N(C)C)c1c(C)cc(N(C)C)c(N(C)C)c1N(C)C. The highest BCUT2D eigenvalue weighted by Gasteiger charge is 2.50. The first-order valence-electron chi connectivity index (χ1n) is 17.2. The predicted octanol–water partition coefficient (Wildman–Crippen LogP) is 4.41. The van der Waals surface area contributed by atoms with Crippen LogP contribution in [0, 0.1) is 20.8 Å². The maximum absolute atomic E-state index is 9.07. The Labute approximate surface area is 310 Å². The molecule has 0 amide bonds. The van der Waals surface area contributed by atoms with E-state index >= 15 is 0 Å². The normalized spacial score (nSPS) is 11.4. The zero-order chi connectivity index (χ0) is 38.5. The van der Waals surface area contributed by atoms with Gasteiger partial charge in [0.2, 0.25) is 0 Å². The Balaban J connectivity index is 3.02. The molecule has 0 unspecified atom stereocenters. The molecule has 0 aliphatic heterocycles. The molecule has 0 saturated carbocycles. The fourth-order valence-electron chi connectivity index (χ4n) is 7.65. The van der Waals surface area contributed by atoms with Crippen LogP contribution in [0.3, 0.4) is 0 Å². The number of aryl methyl sites for hydroxylation is 3. The first-order chi connectivity index (χ1) is 22.9. The predicted molar refractivity (Wildman–Crippen MR) is 233 cm³/mol. The van der Waals surface area contributed by atoms with Crippen molar-refractivity contribution in [1.82, 2.24) is 0 Å². The number of halogens is 1. The maximum atomic E-state index is 9.07. The molecular formula is C39H66ClN9Si. The van der Waals surface area contributed by atoms with Gasteiger partial charge in [0.15, 0.2) is 0 Å². The zero-order valence-electron chi connectivity index (χ0n) is 35.1. The van der Waals surface area contributed by atoms with Crippen LogP contribution in [0.5, 0.6) is 0 Å². The van der Waals surface area contributed by atoms with Crippen molar-refractivity contribution in [2.24, 2.45) is 0 Å². The molecule has 0 aliphatic rings. The summed E-state index contributed by atoms with van der Waals surface area (Å²) in [5.41, 5.74) is 14.0. The number of rotatable bonds is 12. The fourth-order valence-corrected chi connectivity index (χ4v) is 14.4. The molecule has 0 fully saturated rings. The van der Waals surface area contributed by atoms with Crippen LogP contribution in [-0.4, -0.2) is 134 Å². The van der Waals surface area contributed by atoms with Gasteiger partial charge in [-0.3, -0.25) is 0 Å². The first-order valence-corrected chi connectivity index (χ1v) is 20.2. The summed E-state index contributed by atoms with van der Waals surface area (Å²) < 4.78 is 0. The van der Waals surface area contributed by atoms with Gasteiger partial charge in [0.1, 0.15) is 0 Å². The summed E-state index contributed by atoms with van der Waals surface area (Å²) in [6, 6.07) is 7.04. The highest BCUT2D eigenvalue weighted by molar-refractivity contribution is 7.42. The van der Waals surface area contributed by atoms with Crippen LogP contribution < -0.4 is 59.7 Å². The van der Waals surface area contributed by atoms with E-state index in [1.807, 2.05) is 0 Å². The van der Waals surface area contributed by atoms with E-state index in [2.05, 4.69) is 210 Å². The molecule has 0 spiro atoms. The second-order valence-electron chi connectivity index (χ2n) is 15.6. The molecule has 0 aromatic heterocycles. The minimum absolute atomic E-state index is 1.15. The van der Waals surface area contributed by atoms with Crippen LogP contribution in [0.15, 0.2) is 18.2 Å². The van der Waals surface area contributed by atoms with E-state index in [0.29, 0.717) is 0 Å². The van der Waals surface area contributed by atoms with Crippen LogP contribution >= 0.6 is 11.1 Å². The summed E-state index contributed by atoms with van der Waals surface area (Å²) in [6.45, 7) is 6.78. The average molecular weight is 725 g/mol. The van der Waals surface area contributed by atoms with Gasteiger partial charge in [0.05, 0.1) is 51.2 Å². The summed E-state index contributed by atoms with van der Waals surface area (Å²) in [7, 11) is 35.1. The molecule has 0 aliphatic carbocycles. The van der Waals surface area contributed by atoms with Gasteiger partial charge in [0.25, 0.3) is 7.38 Å². The monoisotopic (exact) mass is 723 g/mol. The minimum atomic E-state index is -3.53. The van der Waals surface area contributed by atoms with Crippen molar-refractivity contribution in [3.63, 3.8) is 0 Å². The lowest BCUT2D eigenvalue weighted by Crippen LogP contribution is -2.67. The van der Waals surface area contributed by atoms with Gasteiger partial charge in [-0.05, 0) is 71.2 Å². The van der Waals surface area contributed by atoms with E-state index in [-0.39, 0.29) is 0 Å². The molecule has 3 aromatic carbocycles. The topological polar surface area (TPSA) is 29.2 Å². The van der Waals surface area contributed by atoms with Crippen molar-refractivity contribution in [2.45, 2.75) is 20.8 Å². The second-order valence-corrected chi connectivity index (χ2v) is 20.1. The van der Waals surface area contributed by atoms with Crippen molar-refractivity contribution in [1.29, 1.82) is 0 Å². The molecule has 0 bridgehead atoms. The summed E-state index contributed by atoms with van der Waals surface area (Å²) in [6.07, 6.45) is 0. The molecule has 0 saturated heterocycles. The Morgan fingerprint density at radius 1 is 0.320 bits per heavy atom. The molecule has 11 heteroatoms. The number of benzene rings is 3. The third-order valence-corrected chi connectivity index (χ3v) is 15.2. The van der Waals surface area contributed by atoms with Crippen LogP contribution in [0.25, 0.3) is 0 Å². The number of anilines is 9.